The molecule has 1 rings (SSSR count). The van der Waals surface area contributed by atoms with Crippen LogP contribution in [0.5, 0.6) is 0 Å². The number of hydrogen-bond acceptors (Lipinski definition) is 0. The molecular weight excluding hydrogens is 276 g/mol. The van der Waals surface area contributed by atoms with E-state index < -0.39 is 0 Å². The van der Waals surface area contributed by atoms with Gasteiger partial charge in [-0.1, -0.05) is 155 Å². The van der Waals surface area contributed by atoms with Crippen LogP contribution in [0, 0.1) is 0 Å². The Hall–Kier alpha value is 0. The van der Waals surface area contributed by atoms with Crippen molar-refractivity contribution >= 4 is 0 Å². The van der Waals surface area contributed by atoms with Gasteiger partial charge in [-0.2, -0.15) is 0 Å². The second-order valence-corrected chi connectivity index (χ2v) is 5.60. The van der Waals surface area contributed by atoms with Gasteiger partial charge in [-0.05, 0) is 0 Å². The molecular formula is C23H60. The summed E-state index contributed by atoms with van der Waals surface area (Å²) in [6, 6.07) is 0. The molecule has 1 aliphatic carbocycles. The van der Waals surface area contributed by atoms with Gasteiger partial charge in [-0.3, -0.25) is 0 Å². The molecule has 1 fully saturated rings. The molecule has 1 aliphatic rings. The topological polar surface area (TPSA) is 0 Å². The summed E-state index contributed by atoms with van der Waals surface area (Å²) in [7, 11) is 0. The largest absolute Gasteiger partial charge is 0.0776 e. The third kappa shape index (κ3) is 138. The maximum atomic E-state index is 2.23. The van der Waals surface area contributed by atoms with Crippen molar-refractivity contribution in [1.29, 1.82) is 0 Å². The lowest BCUT2D eigenvalue weighted by atomic mass is 10.2. The van der Waals surface area contributed by atoms with Crippen LogP contribution in [-0.4, -0.2) is 0 Å². The fraction of sp³-hybridized carbons (Fsp3) is 1.00. The SMILES string of the molecule is C.C.C.C1CCCC1.CCC.CCC.CCC.CCCCCC. The van der Waals surface area contributed by atoms with Crippen molar-refractivity contribution in [2.24, 2.45) is 0 Å². The molecule has 0 atom stereocenters. The maximum absolute atomic E-state index is 2.23. The molecule has 0 heterocycles. The van der Waals surface area contributed by atoms with Crippen molar-refractivity contribution in [1.82, 2.24) is 0 Å². The highest BCUT2D eigenvalue weighted by Gasteiger charge is 1.95. The molecule has 1 saturated carbocycles. The Morgan fingerprint density at radius 1 is 0.391 bits per heavy atom. The van der Waals surface area contributed by atoms with E-state index in [9.17, 15) is 0 Å². The van der Waals surface area contributed by atoms with Crippen LogP contribution in [0.25, 0.3) is 0 Å². The molecule has 0 amide bonds. The predicted octanol–water partition coefficient (Wildman–Crippen LogP) is 10.7. The normalized spacial score (nSPS) is 9.91. The Balaban J connectivity index is -0.0000000279. The first-order valence-electron chi connectivity index (χ1n) is 9.66. The Morgan fingerprint density at radius 2 is 0.522 bits per heavy atom. The molecule has 0 heteroatoms. The molecule has 0 bridgehead atoms. The van der Waals surface area contributed by atoms with Crippen molar-refractivity contribution in [2.75, 3.05) is 0 Å². The standard InChI is InChI=1S/C6H14.C5H10.3C3H8.3CH4/c1-3-5-6-4-2;1-2-4-5-3-1;3*1-3-2;;;/h3-6H2,1-2H3;1-5H2;3*3H2,1-2H3;3*1H4. The first kappa shape index (κ1) is 43.5. The number of unbranched alkanes of at least 4 members (excludes halogenated alkanes) is 3. The zero-order valence-corrected chi connectivity index (χ0v) is 16.5. The van der Waals surface area contributed by atoms with E-state index >= 15 is 0 Å². The third-order valence-electron chi connectivity index (χ3n) is 2.21. The monoisotopic (exact) mass is 336 g/mol. The molecule has 0 aromatic heterocycles. The minimum atomic E-state index is 0. The van der Waals surface area contributed by atoms with Gasteiger partial charge >= 0.3 is 0 Å². The fourth-order valence-corrected chi connectivity index (χ4v) is 1.38. The lowest BCUT2D eigenvalue weighted by Gasteiger charge is -1.86. The quantitative estimate of drug-likeness (QED) is 0.449. The van der Waals surface area contributed by atoms with E-state index in [1.807, 2.05) is 0 Å². The van der Waals surface area contributed by atoms with Crippen molar-refractivity contribution in [2.45, 2.75) is 155 Å². The summed E-state index contributed by atoms with van der Waals surface area (Å²) in [6.07, 6.45) is 16.8. The molecule has 0 N–H and O–H groups in total. The molecule has 0 aromatic rings. The van der Waals surface area contributed by atoms with Crippen molar-refractivity contribution < 1.29 is 0 Å². The summed E-state index contributed by atoms with van der Waals surface area (Å²) >= 11 is 0. The van der Waals surface area contributed by atoms with Crippen LogP contribution < -0.4 is 0 Å². The summed E-state index contributed by atoms with van der Waals surface area (Å²) in [4.78, 5) is 0. The van der Waals surface area contributed by atoms with Gasteiger partial charge in [0.15, 0.2) is 0 Å². The molecule has 0 spiro atoms. The van der Waals surface area contributed by atoms with Crippen LogP contribution in [0.2, 0.25) is 0 Å². The van der Waals surface area contributed by atoms with Crippen molar-refractivity contribution in [3.63, 3.8) is 0 Å². The van der Waals surface area contributed by atoms with E-state index in [1.165, 1.54) is 77.0 Å². The zero-order chi connectivity index (χ0) is 16.5. The molecule has 152 valence electrons. The average Bonchev–Trinajstić information content (AvgIpc) is 2.98. The third-order valence-corrected chi connectivity index (χ3v) is 2.21. The van der Waals surface area contributed by atoms with Gasteiger partial charge in [0.05, 0.1) is 0 Å². The minimum Gasteiger partial charge on any atom is -0.0776 e. The highest BCUT2D eigenvalue weighted by molar-refractivity contribution is 4.51. The molecule has 23 heavy (non-hydrogen) atoms. The van der Waals surface area contributed by atoms with Gasteiger partial charge in [0.2, 0.25) is 0 Å². The van der Waals surface area contributed by atoms with Gasteiger partial charge in [0, 0.05) is 0 Å². The second-order valence-electron chi connectivity index (χ2n) is 5.60. The van der Waals surface area contributed by atoms with Crippen LogP contribution in [0.3, 0.4) is 0 Å². The molecule has 0 aliphatic heterocycles. The molecule has 0 unspecified atom stereocenters. The Kier molecular flexibility index (Phi) is 127. The van der Waals surface area contributed by atoms with E-state index in [0.29, 0.717) is 0 Å². The van der Waals surface area contributed by atoms with E-state index in [2.05, 4.69) is 55.4 Å². The minimum absolute atomic E-state index is 0. The average molecular weight is 337 g/mol. The van der Waals surface area contributed by atoms with Crippen LogP contribution in [0.15, 0.2) is 0 Å². The smallest absolute Gasteiger partial charge is 0.0533 e. The van der Waals surface area contributed by atoms with Crippen LogP contribution in [0.1, 0.15) is 155 Å². The molecule has 0 nitrogen and oxygen atoms in total. The van der Waals surface area contributed by atoms with Gasteiger partial charge in [-0.25, -0.2) is 0 Å². The van der Waals surface area contributed by atoms with Gasteiger partial charge in [0.25, 0.3) is 0 Å². The maximum Gasteiger partial charge on any atom is -0.0533 e. The summed E-state index contributed by atoms with van der Waals surface area (Å²) in [6.45, 7) is 17.2. The number of hydrogen-bond donors (Lipinski definition) is 0. The zero-order valence-electron chi connectivity index (χ0n) is 16.5. The predicted molar refractivity (Wildman–Crippen MR) is 121 cm³/mol. The van der Waals surface area contributed by atoms with Crippen LogP contribution in [0.4, 0.5) is 0 Å². The van der Waals surface area contributed by atoms with Gasteiger partial charge in [0.1, 0.15) is 0 Å². The first-order valence-corrected chi connectivity index (χ1v) is 9.66. The van der Waals surface area contributed by atoms with Gasteiger partial charge in [-0.15, -0.1) is 0 Å². The Bertz CT molecular complexity index is 65.7. The van der Waals surface area contributed by atoms with E-state index in [0.717, 1.165) is 0 Å². The lowest BCUT2D eigenvalue weighted by molar-refractivity contribution is 0.702. The summed E-state index contributed by atoms with van der Waals surface area (Å²) < 4.78 is 0. The van der Waals surface area contributed by atoms with E-state index in [4.69, 9.17) is 0 Å². The Labute approximate surface area is 155 Å². The molecule has 0 aromatic carbocycles. The summed E-state index contributed by atoms with van der Waals surface area (Å²) in [5, 5.41) is 0. The van der Waals surface area contributed by atoms with Crippen LogP contribution >= 0.6 is 0 Å². The number of rotatable bonds is 3. The summed E-state index contributed by atoms with van der Waals surface area (Å²) in [5.74, 6) is 0. The lowest BCUT2D eigenvalue weighted by Crippen LogP contribution is -1.66. The first-order chi connectivity index (χ1) is 9.66. The molecule has 0 saturated heterocycles. The van der Waals surface area contributed by atoms with Gasteiger partial charge < -0.3 is 0 Å². The Morgan fingerprint density at radius 3 is 0.609 bits per heavy atom. The fourth-order valence-electron chi connectivity index (χ4n) is 1.38. The van der Waals surface area contributed by atoms with E-state index in [1.54, 1.807) is 0 Å². The highest BCUT2D eigenvalue weighted by atomic mass is 14.0. The van der Waals surface area contributed by atoms with Crippen LogP contribution in [-0.2, 0) is 0 Å². The molecule has 0 radical (unpaired) electrons. The van der Waals surface area contributed by atoms with E-state index in [-0.39, 0.29) is 22.3 Å². The highest BCUT2D eigenvalue weighted by Crippen LogP contribution is 2.15. The van der Waals surface area contributed by atoms with Crippen molar-refractivity contribution in [3.8, 4) is 0 Å². The van der Waals surface area contributed by atoms with Crippen molar-refractivity contribution in [3.05, 3.63) is 0 Å². The summed E-state index contributed by atoms with van der Waals surface area (Å²) in [5.41, 5.74) is 0. The second kappa shape index (κ2) is 67.4.